The Morgan fingerprint density at radius 1 is 1.53 bits per heavy atom. The average molecular weight is 207 g/mol. The van der Waals surface area contributed by atoms with Gasteiger partial charge in [0.2, 0.25) is 0 Å². The maximum Gasteiger partial charge on any atom is 0.337 e. The summed E-state index contributed by atoms with van der Waals surface area (Å²) >= 11 is 0. The fraction of sp³-hybridized carbons (Fsp3) is 0.417. The standard InChI is InChI=1S/C12H17NO2/c1-4-9(3)13-11-6-5-8(2)7-10(11)12(14)15/h5-7,9,13H,4H2,1-3H3,(H,14,15). The van der Waals surface area contributed by atoms with Crippen LogP contribution in [0.5, 0.6) is 0 Å². The molecular weight excluding hydrogens is 190 g/mol. The molecule has 0 saturated heterocycles. The Hall–Kier alpha value is -1.51. The molecule has 0 amide bonds. The van der Waals surface area contributed by atoms with Gasteiger partial charge in [0.15, 0.2) is 0 Å². The van der Waals surface area contributed by atoms with E-state index >= 15 is 0 Å². The van der Waals surface area contributed by atoms with E-state index in [-0.39, 0.29) is 6.04 Å². The molecule has 1 atom stereocenters. The van der Waals surface area contributed by atoms with E-state index in [0.29, 0.717) is 11.3 Å². The minimum absolute atomic E-state index is 0.283. The Labute approximate surface area is 90.1 Å². The zero-order chi connectivity index (χ0) is 11.4. The summed E-state index contributed by atoms with van der Waals surface area (Å²) in [5.41, 5.74) is 2.00. The molecule has 82 valence electrons. The molecular formula is C12H17NO2. The molecule has 0 heterocycles. The highest BCUT2D eigenvalue weighted by Gasteiger charge is 2.11. The van der Waals surface area contributed by atoms with Crippen molar-refractivity contribution in [3.05, 3.63) is 29.3 Å². The third-order valence-electron chi connectivity index (χ3n) is 2.42. The summed E-state index contributed by atoms with van der Waals surface area (Å²) in [6, 6.07) is 5.71. The summed E-state index contributed by atoms with van der Waals surface area (Å²) in [6.07, 6.45) is 0.965. The summed E-state index contributed by atoms with van der Waals surface area (Å²) in [7, 11) is 0. The van der Waals surface area contributed by atoms with Gasteiger partial charge in [0.1, 0.15) is 0 Å². The van der Waals surface area contributed by atoms with Gasteiger partial charge >= 0.3 is 5.97 Å². The highest BCUT2D eigenvalue weighted by molar-refractivity contribution is 5.94. The first-order valence-corrected chi connectivity index (χ1v) is 5.15. The van der Waals surface area contributed by atoms with Crippen molar-refractivity contribution < 1.29 is 9.90 Å². The van der Waals surface area contributed by atoms with Gasteiger partial charge in [-0.3, -0.25) is 0 Å². The van der Waals surface area contributed by atoms with E-state index in [9.17, 15) is 4.79 Å². The highest BCUT2D eigenvalue weighted by atomic mass is 16.4. The number of carboxylic acids is 1. The molecule has 1 rings (SSSR count). The molecule has 1 aromatic rings. The molecule has 0 radical (unpaired) electrons. The first-order chi connectivity index (χ1) is 7.04. The molecule has 0 aliphatic carbocycles. The largest absolute Gasteiger partial charge is 0.478 e. The van der Waals surface area contributed by atoms with Crippen LogP contribution >= 0.6 is 0 Å². The maximum atomic E-state index is 11.0. The van der Waals surface area contributed by atoms with Gasteiger partial charge in [-0.2, -0.15) is 0 Å². The van der Waals surface area contributed by atoms with Crippen molar-refractivity contribution in [3.63, 3.8) is 0 Å². The van der Waals surface area contributed by atoms with Crippen LogP contribution in [0.1, 0.15) is 36.2 Å². The van der Waals surface area contributed by atoms with Crippen molar-refractivity contribution >= 4 is 11.7 Å². The second-order valence-corrected chi connectivity index (χ2v) is 3.81. The van der Waals surface area contributed by atoms with Gasteiger partial charge in [0, 0.05) is 11.7 Å². The number of hydrogen-bond acceptors (Lipinski definition) is 2. The SMILES string of the molecule is CCC(C)Nc1ccc(C)cc1C(=O)O. The van der Waals surface area contributed by atoms with Crippen LogP contribution in [0.3, 0.4) is 0 Å². The lowest BCUT2D eigenvalue weighted by Crippen LogP contribution is -2.16. The summed E-state index contributed by atoms with van der Waals surface area (Å²) < 4.78 is 0. The fourth-order valence-corrected chi connectivity index (χ4v) is 1.33. The number of nitrogens with one attached hydrogen (secondary N) is 1. The fourth-order valence-electron chi connectivity index (χ4n) is 1.33. The minimum Gasteiger partial charge on any atom is -0.478 e. The number of anilines is 1. The number of rotatable bonds is 4. The lowest BCUT2D eigenvalue weighted by atomic mass is 10.1. The summed E-state index contributed by atoms with van der Waals surface area (Å²) in [5, 5.41) is 12.2. The molecule has 0 fully saturated rings. The number of carboxylic acid groups (broad SMARTS) is 1. The number of hydrogen-bond donors (Lipinski definition) is 2. The van der Waals surface area contributed by atoms with Crippen LogP contribution in [0.25, 0.3) is 0 Å². The third-order valence-corrected chi connectivity index (χ3v) is 2.42. The number of benzene rings is 1. The Morgan fingerprint density at radius 3 is 2.73 bits per heavy atom. The second kappa shape index (κ2) is 4.82. The monoisotopic (exact) mass is 207 g/mol. The quantitative estimate of drug-likeness (QED) is 0.798. The molecule has 0 aliphatic rings. The Bertz CT molecular complexity index is 361. The Kier molecular flexibility index (Phi) is 3.72. The predicted octanol–water partition coefficient (Wildman–Crippen LogP) is 2.90. The normalized spacial score (nSPS) is 12.2. The molecule has 1 unspecified atom stereocenters. The van der Waals surface area contributed by atoms with Crippen molar-refractivity contribution in [2.45, 2.75) is 33.2 Å². The summed E-state index contributed by atoms with van der Waals surface area (Å²) in [6.45, 7) is 5.98. The van der Waals surface area contributed by atoms with Crippen LogP contribution < -0.4 is 5.32 Å². The van der Waals surface area contributed by atoms with E-state index in [1.54, 1.807) is 6.07 Å². The van der Waals surface area contributed by atoms with E-state index in [2.05, 4.69) is 12.2 Å². The molecule has 3 heteroatoms. The van der Waals surface area contributed by atoms with Crippen LogP contribution in [0.2, 0.25) is 0 Å². The molecule has 0 aliphatic heterocycles. The topological polar surface area (TPSA) is 49.3 Å². The van der Waals surface area contributed by atoms with E-state index in [1.165, 1.54) is 0 Å². The number of carbonyl (C=O) groups is 1. The molecule has 0 saturated carbocycles. The smallest absolute Gasteiger partial charge is 0.337 e. The van der Waals surface area contributed by atoms with Gasteiger partial charge in [0.05, 0.1) is 5.56 Å². The van der Waals surface area contributed by atoms with Gasteiger partial charge in [-0.25, -0.2) is 4.79 Å². The van der Waals surface area contributed by atoms with Crippen molar-refractivity contribution in [1.82, 2.24) is 0 Å². The molecule has 0 spiro atoms. The first kappa shape index (κ1) is 11.6. The van der Waals surface area contributed by atoms with Crippen LogP contribution in [0.4, 0.5) is 5.69 Å². The lowest BCUT2D eigenvalue weighted by molar-refractivity contribution is 0.0698. The van der Waals surface area contributed by atoms with Gasteiger partial charge in [-0.1, -0.05) is 18.6 Å². The Morgan fingerprint density at radius 2 is 2.20 bits per heavy atom. The van der Waals surface area contributed by atoms with Gasteiger partial charge < -0.3 is 10.4 Å². The van der Waals surface area contributed by atoms with Gasteiger partial charge in [-0.05, 0) is 32.4 Å². The zero-order valence-corrected chi connectivity index (χ0v) is 9.37. The molecule has 15 heavy (non-hydrogen) atoms. The highest BCUT2D eigenvalue weighted by Crippen LogP contribution is 2.18. The molecule has 0 aromatic heterocycles. The van der Waals surface area contributed by atoms with Gasteiger partial charge in [-0.15, -0.1) is 0 Å². The third kappa shape index (κ3) is 2.98. The number of aryl methyl sites for hydroxylation is 1. The van der Waals surface area contributed by atoms with E-state index in [4.69, 9.17) is 5.11 Å². The molecule has 3 nitrogen and oxygen atoms in total. The van der Waals surface area contributed by atoms with Crippen LogP contribution in [-0.2, 0) is 0 Å². The van der Waals surface area contributed by atoms with E-state index < -0.39 is 5.97 Å². The second-order valence-electron chi connectivity index (χ2n) is 3.81. The maximum absolute atomic E-state index is 11.0. The van der Waals surface area contributed by atoms with Crippen molar-refractivity contribution in [3.8, 4) is 0 Å². The Balaban J connectivity index is 3.01. The van der Waals surface area contributed by atoms with Gasteiger partial charge in [0.25, 0.3) is 0 Å². The van der Waals surface area contributed by atoms with Crippen molar-refractivity contribution in [1.29, 1.82) is 0 Å². The summed E-state index contributed by atoms with van der Waals surface area (Å²) in [4.78, 5) is 11.0. The zero-order valence-electron chi connectivity index (χ0n) is 9.37. The first-order valence-electron chi connectivity index (χ1n) is 5.15. The lowest BCUT2D eigenvalue weighted by Gasteiger charge is -2.15. The predicted molar refractivity (Wildman–Crippen MR) is 61.5 cm³/mol. The minimum atomic E-state index is -0.885. The molecule has 0 bridgehead atoms. The van der Waals surface area contributed by atoms with E-state index in [1.807, 2.05) is 26.0 Å². The average Bonchev–Trinajstić information content (AvgIpc) is 2.20. The van der Waals surface area contributed by atoms with Crippen LogP contribution in [0, 0.1) is 6.92 Å². The molecule has 2 N–H and O–H groups in total. The van der Waals surface area contributed by atoms with Crippen molar-refractivity contribution in [2.24, 2.45) is 0 Å². The van der Waals surface area contributed by atoms with E-state index in [0.717, 1.165) is 12.0 Å². The van der Waals surface area contributed by atoms with Crippen LogP contribution in [0.15, 0.2) is 18.2 Å². The number of aromatic carboxylic acids is 1. The molecule has 1 aromatic carbocycles. The summed E-state index contributed by atoms with van der Waals surface area (Å²) in [5.74, 6) is -0.885. The van der Waals surface area contributed by atoms with Crippen molar-refractivity contribution in [2.75, 3.05) is 5.32 Å². The van der Waals surface area contributed by atoms with Crippen LogP contribution in [-0.4, -0.2) is 17.1 Å².